The Bertz CT molecular complexity index is 1040. The predicted octanol–water partition coefficient (Wildman–Crippen LogP) is 2.48. The van der Waals surface area contributed by atoms with Gasteiger partial charge in [0.1, 0.15) is 23.8 Å². The number of carboxylic acid groups (broad SMARTS) is 1. The predicted molar refractivity (Wildman–Crippen MR) is 96.0 cm³/mol. The van der Waals surface area contributed by atoms with Crippen molar-refractivity contribution in [3.05, 3.63) is 52.8 Å². The number of hydrogen-bond donors (Lipinski definition) is 2. The number of rotatable bonds is 5. The Balaban J connectivity index is 2.40. The first-order chi connectivity index (χ1) is 12.4. The molecular formula is C19H17NO6. The highest BCUT2D eigenvalue weighted by atomic mass is 16.5. The molecule has 0 bridgehead atoms. The first kappa shape index (κ1) is 17.3. The summed E-state index contributed by atoms with van der Waals surface area (Å²) < 4.78 is 11.8. The highest BCUT2D eigenvalue weighted by Gasteiger charge is 2.17. The molecule has 134 valence electrons. The van der Waals surface area contributed by atoms with Crippen LogP contribution in [0.5, 0.6) is 17.2 Å². The van der Waals surface area contributed by atoms with Gasteiger partial charge >= 0.3 is 5.97 Å². The van der Waals surface area contributed by atoms with Crippen LogP contribution < -0.4 is 15.0 Å². The number of pyridine rings is 1. The molecule has 0 atom stereocenters. The number of benzene rings is 2. The summed E-state index contributed by atoms with van der Waals surface area (Å²) in [5.74, 6) is -0.162. The van der Waals surface area contributed by atoms with Gasteiger partial charge in [-0.2, -0.15) is 0 Å². The molecule has 2 N–H and O–H groups in total. The summed E-state index contributed by atoms with van der Waals surface area (Å²) in [6.45, 7) is -0.502. The standard InChI is InChI=1S/C19H17NO6/c1-25-13-7-16-15(17(8-13)26-2)9-14(11-3-5-12(21)6-4-11)19(24)20(16)10-18(22)23/h3-9,21H,10H2,1-2H3,(H,22,23). The largest absolute Gasteiger partial charge is 0.508 e. The van der Waals surface area contributed by atoms with Crippen molar-refractivity contribution in [3.63, 3.8) is 0 Å². The van der Waals surface area contributed by atoms with Gasteiger partial charge in [-0.1, -0.05) is 12.1 Å². The number of carboxylic acids is 1. The lowest BCUT2D eigenvalue weighted by atomic mass is 10.0. The van der Waals surface area contributed by atoms with E-state index in [-0.39, 0.29) is 5.75 Å². The molecule has 0 unspecified atom stereocenters. The number of hydrogen-bond acceptors (Lipinski definition) is 5. The zero-order valence-corrected chi connectivity index (χ0v) is 14.2. The number of methoxy groups -OCH3 is 2. The smallest absolute Gasteiger partial charge is 0.323 e. The molecule has 0 aliphatic heterocycles. The van der Waals surface area contributed by atoms with Gasteiger partial charge in [0.15, 0.2) is 0 Å². The maximum Gasteiger partial charge on any atom is 0.323 e. The second-order valence-electron chi connectivity index (χ2n) is 5.65. The van der Waals surface area contributed by atoms with Crippen LogP contribution in [0.4, 0.5) is 0 Å². The van der Waals surface area contributed by atoms with Crippen molar-refractivity contribution in [3.8, 4) is 28.4 Å². The van der Waals surface area contributed by atoms with Gasteiger partial charge in [0.2, 0.25) is 0 Å². The fraction of sp³-hybridized carbons (Fsp3) is 0.158. The van der Waals surface area contributed by atoms with E-state index in [9.17, 15) is 19.8 Å². The summed E-state index contributed by atoms with van der Waals surface area (Å²) in [7, 11) is 2.96. The van der Waals surface area contributed by atoms with E-state index in [0.29, 0.717) is 33.5 Å². The van der Waals surface area contributed by atoms with Gasteiger partial charge < -0.3 is 19.7 Å². The number of ether oxygens (including phenoxy) is 2. The third-order valence-electron chi connectivity index (χ3n) is 4.08. The van der Waals surface area contributed by atoms with Gasteiger partial charge in [0.05, 0.1) is 19.7 Å². The Kier molecular flexibility index (Phi) is 4.53. The molecule has 0 aliphatic rings. The highest BCUT2D eigenvalue weighted by Crippen LogP contribution is 2.33. The van der Waals surface area contributed by atoms with E-state index in [1.807, 2.05) is 0 Å². The molecule has 0 spiro atoms. The molecular weight excluding hydrogens is 338 g/mol. The van der Waals surface area contributed by atoms with E-state index in [2.05, 4.69) is 0 Å². The minimum atomic E-state index is -1.14. The summed E-state index contributed by atoms with van der Waals surface area (Å²) >= 11 is 0. The topological polar surface area (TPSA) is 98.0 Å². The molecule has 0 amide bonds. The van der Waals surface area contributed by atoms with E-state index in [0.717, 1.165) is 0 Å². The van der Waals surface area contributed by atoms with Crippen LogP contribution in [0, 0.1) is 0 Å². The Morgan fingerprint density at radius 3 is 2.35 bits per heavy atom. The van der Waals surface area contributed by atoms with Crippen molar-refractivity contribution in [2.45, 2.75) is 6.54 Å². The van der Waals surface area contributed by atoms with Gasteiger partial charge in [0.25, 0.3) is 5.56 Å². The normalized spacial score (nSPS) is 10.7. The molecule has 7 heteroatoms. The molecule has 26 heavy (non-hydrogen) atoms. The number of carbonyl (C=O) groups is 1. The third-order valence-corrected chi connectivity index (χ3v) is 4.08. The summed E-state index contributed by atoms with van der Waals surface area (Å²) in [6.07, 6.45) is 0. The van der Waals surface area contributed by atoms with Crippen molar-refractivity contribution in [2.24, 2.45) is 0 Å². The molecule has 1 aromatic heterocycles. The van der Waals surface area contributed by atoms with E-state index < -0.39 is 18.1 Å². The lowest BCUT2D eigenvalue weighted by Crippen LogP contribution is -2.26. The Morgan fingerprint density at radius 1 is 1.08 bits per heavy atom. The molecule has 7 nitrogen and oxygen atoms in total. The number of fused-ring (bicyclic) bond motifs is 1. The zero-order chi connectivity index (χ0) is 18.8. The quantitative estimate of drug-likeness (QED) is 0.730. The molecule has 0 radical (unpaired) electrons. The van der Waals surface area contributed by atoms with E-state index in [1.54, 1.807) is 30.3 Å². The number of aromatic hydroxyl groups is 1. The van der Waals surface area contributed by atoms with Crippen LogP contribution in [-0.2, 0) is 11.3 Å². The van der Waals surface area contributed by atoms with Crippen LogP contribution in [0.25, 0.3) is 22.0 Å². The summed E-state index contributed by atoms with van der Waals surface area (Å²) in [5.41, 5.74) is 0.811. The Hall–Kier alpha value is -3.48. The lowest BCUT2D eigenvalue weighted by molar-refractivity contribution is -0.137. The molecule has 3 aromatic rings. The summed E-state index contributed by atoms with van der Waals surface area (Å²) in [6, 6.07) is 11.0. The second-order valence-corrected chi connectivity index (χ2v) is 5.65. The first-order valence-electron chi connectivity index (χ1n) is 7.75. The third kappa shape index (κ3) is 3.06. The van der Waals surface area contributed by atoms with Crippen molar-refractivity contribution in [1.29, 1.82) is 0 Å². The average molecular weight is 355 g/mol. The van der Waals surface area contributed by atoms with Gasteiger partial charge in [-0.15, -0.1) is 0 Å². The van der Waals surface area contributed by atoms with Crippen LogP contribution in [0.15, 0.2) is 47.3 Å². The minimum Gasteiger partial charge on any atom is -0.508 e. The van der Waals surface area contributed by atoms with Gasteiger partial charge in [-0.25, -0.2) is 0 Å². The van der Waals surface area contributed by atoms with Gasteiger partial charge in [-0.05, 0) is 23.8 Å². The molecule has 1 heterocycles. The molecule has 0 fully saturated rings. The average Bonchev–Trinajstić information content (AvgIpc) is 2.63. The van der Waals surface area contributed by atoms with Crippen LogP contribution >= 0.6 is 0 Å². The zero-order valence-electron chi connectivity index (χ0n) is 14.2. The molecule has 0 saturated heterocycles. The monoisotopic (exact) mass is 355 g/mol. The van der Waals surface area contributed by atoms with Gasteiger partial charge in [-0.3, -0.25) is 14.2 Å². The van der Waals surface area contributed by atoms with E-state index in [1.165, 1.54) is 30.9 Å². The van der Waals surface area contributed by atoms with Gasteiger partial charge in [0, 0.05) is 23.1 Å². The SMILES string of the molecule is COc1cc(OC)c2cc(-c3ccc(O)cc3)c(=O)n(CC(=O)O)c2c1. The van der Waals surface area contributed by atoms with Crippen LogP contribution in [0.2, 0.25) is 0 Å². The number of nitrogens with zero attached hydrogens (tertiary/aromatic N) is 1. The van der Waals surface area contributed by atoms with E-state index in [4.69, 9.17) is 9.47 Å². The number of phenolic OH excluding ortho intramolecular Hbond substituents is 1. The van der Waals surface area contributed by atoms with Crippen molar-refractivity contribution >= 4 is 16.9 Å². The number of aromatic nitrogens is 1. The lowest BCUT2D eigenvalue weighted by Gasteiger charge is -2.15. The fourth-order valence-electron chi connectivity index (χ4n) is 2.84. The Labute approximate surface area is 148 Å². The van der Waals surface area contributed by atoms with Crippen LogP contribution in [0.1, 0.15) is 0 Å². The second kappa shape index (κ2) is 6.79. The molecule has 3 rings (SSSR count). The Morgan fingerprint density at radius 2 is 1.77 bits per heavy atom. The van der Waals surface area contributed by atoms with Crippen LogP contribution in [-0.4, -0.2) is 35.0 Å². The highest BCUT2D eigenvalue weighted by molar-refractivity contribution is 5.91. The molecule has 0 saturated carbocycles. The molecule has 0 aliphatic carbocycles. The number of aliphatic carboxylic acids is 1. The maximum absolute atomic E-state index is 13.0. The summed E-state index contributed by atoms with van der Waals surface area (Å²) in [4.78, 5) is 24.3. The summed E-state index contributed by atoms with van der Waals surface area (Å²) in [5, 5.41) is 19.3. The van der Waals surface area contributed by atoms with Crippen molar-refractivity contribution < 1.29 is 24.5 Å². The van der Waals surface area contributed by atoms with Crippen LogP contribution in [0.3, 0.4) is 0 Å². The fourth-order valence-corrected chi connectivity index (χ4v) is 2.84. The van der Waals surface area contributed by atoms with Crippen molar-refractivity contribution in [2.75, 3.05) is 14.2 Å². The van der Waals surface area contributed by atoms with Crippen molar-refractivity contribution in [1.82, 2.24) is 4.57 Å². The van der Waals surface area contributed by atoms with E-state index >= 15 is 0 Å². The minimum absolute atomic E-state index is 0.0720. The maximum atomic E-state index is 13.0. The first-order valence-corrected chi connectivity index (χ1v) is 7.75. The number of phenols is 1. The molecule has 2 aromatic carbocycles.